The zero-order valence-electron chi connectivity index (χ0n) is 73.5. The molecule has 0 rings (SSSR count). The molecule has 0 amide bonds. The molecular formula is C92H148O19P2. The monoisotopic (exact) mass is 1620 g/mol. The standard InChI is InChI=1S/C92H148O19P2/c1-65(2)33-25-41-73(17)49-53-81(93)89(101,61-57-77(21)45-29-37-69(9)10)85(97)107-112(105,108-86(98)90(102,62-58-78(22)46-30-38-70(11)12)82(94)54-50-74(18)42-26-34-66(3)4)111-113(106,109-87(99)91(103,63-59-79(23)47-31-39-71(13)14)83(95)55-51-75(19)43-27-35-67(5)6)110-88(100)92(104,64-60-80(24)48-32-40-72(15)16)84(96)56-52-76(20)44-28-36-68(7)8/h33-40,49-52,57-60,81-84,93-96,101-104H,25-32,41-48,53-56,61-64H2,1-24H3. The van der Waals surface area contributed by atoms with Gasteiger partial charge in [0.05, 0.1) is 24.4 Å². The van der Waals surface area contributed by atoms with Crippen LogP contribution in [0.2, 0.25) is 0 Å². The first-order valence-corrected chi connectivity index (χ1v) is 43.1. The lowest BCUT2D eigenvalue weighted by Gasteiger charge is -2.34. The fourth-order valence-electron chi connectivity index (χ4n) is 11.2. The summed E-state index contributed by atoms with van der Waals surface area (Å²) >= 11 is 0. The van der Waals surface area contributed by atoms with Gasteiger partial charge >= 0.3 is 39.5 Å². The van der Waals surface area contributed by atoms with Crippen molar-refractivity contribution in [3.8, 4) is 0 Å². The van der Waals surface area contributed by atoms with E-state index in [1.54, 1.807) is 79.7 Å². The van der Waals surface area contributed by atoms with Crippen molar-refractivity contribution < 1.29 is 91.6 Å². The summed E-state index contributed by atoms with van der Waals surface area (Å²) in [7, 11) is -13.9. The summed E-state index contributed by atoms with van der Waals surface area (Å²) < 4.78 is 61.3. The third-order valence-electron chi connectivity index (χ3n) is 19.1. The van der Waals surface area contributed by atoms with E-state index in [2.05, 4.69) is 0 Å². The van der Waals surface area contributed by atoms with E-state index in [1.807, 2.05) is 159 Å². The Morgan fingerprint density at radius 3 is 0.513 bits per heavy atom. The number of aliphatic hydroxyl groups is 8. The number of carbonyl (C=O) groups excluding carboxylic acids is 4. The van der Waals surface area contributed by atoms with Crippen LogP contribution in [0, 0.1) is 0 Å². The van der Waals surface area contributed by atoms with Crippen LogP contribution in [-0.2, 0) is 50.7 Å². The van der Waals surface area contributed by atoms with Gasteiger partial charge in [-0.1, -0.05) is 186 Å². The Bertz CT molecular complexity index is 3210. The molecule has 0 radical (unpaired) electrons. The Morgan fingerprint density at radius 1 is 0.248 bits per heavy atom. The predicted molar refractivity (Wildman–Crippen MR) is 461 cm³/mol. The Balaban J connectivity index is 10.2. The summed E-state index contributed by atoms with van der Waals surface area (Å²) in [6.07, 6.45) is 21.5. The fraction of sp³-hybridized carbons (Fsp3) is 0.609. The second kappa shape index (κ2) is 53.9. The van der Waals surface area contributed by atoms with Crippen LogP contribution < -0.4 is 0 Å². The molecule has 0 aliphatic carbocycles. The van der Waals surface area contributed by atoms with E-state index < -0.39 is 138 Å². The molecule has 0 aromatic carbocycles. The summed E-state index contributed by atoms with van der Waals surface area (Å²) in [5.74, 6) is -8.43. The minimum atomic E-state index is -6.97. The largest absolute Gasteiger partial charge is 0.602 e. The van der Waals surface area contributed by atoms with E-state index in [4.69, 9.17) is 22.4 Å². The van der Waals surface area contributed by atoms with E-state index >= 15 is 28.3 Å². The van der Waals surface area contributed by atoms with Gasteiger partial charge in [-0.3, -0.25) is 0 Å². The number of carbonyl (C=O) groups is 4. The summed E-state index contributed by atoms with van der Waals surface area (Å²) in [5.41, 5.74) is 0.391. The molecule has 0 heterocycles. The molecule has 8 unspecified atom stereocenters. The SMILES string of the molecule is CC(C)=CCCC(C)=CCC(O)C(O)(CC=C(C)CCC=C(C)C)C(=O)OP(=O)(OC(=O)C(O)(CC=C(C)CCC=C(C)C)C(O)CC=C(C)CCC=C(C)C)OP(=O)(OC(=O)C(O)(CC=C(C)CCC=C(C)C)C(O)CC=C(C)CCC=C(C)C)OC(=O)C(O)(CC=C(C)CCC=C(C)C)C(O)CC=C(C)CCC=C(C)C. The zero-order valence-corrected chi connectivity index (χ0v) is 75.3. The van der Waals surface area contributed by atoms with Crippen LogP contribution in [-0.4, -0.2) is 112 Å². The highest BCUT2D eigenvalue weighted by Gasteiger charge is 2.60. The predicted octanol–water partition coefficient (Wildman–Crippen LogP) is 22.4. The second-order valence-corrected chi connectivity index (χ2v) is 36.1. The van der Waals surface area contributed by atoms with E-state index in [1.165, 1.54) is 24.3 Å². The van der Waals surface area contributed by atoms with Crippen molar-refractivity contribution in [3.05, 3.63) is 186 Å². The van der Waals surface area contributed by atoms with Gasteiger partial charge in [0, 0.05) is 25.7 Å². The molecule has 0 aliphatic rings. The van der Waals surface area contributed by atoms with Gasteiger partial charge in [-0.15, -0.1) is 4.31 Å². The van der Waals surface area contributed by atoms with E-state index in [0.29, 0.717) is 147 Å². The first-order chi connectivity index (χ1) is 52.4. The lowest BCUT2D eigenvalue weighted by atomic mass is 9.89. The van der Waals surface area contributed by atoms with Crippen molar-refractivity contribution in [2.45, 2.75) is 367 Å². The van der Waals surface area contributed by atoms with Crippen LogP contribution in [0.5, 0.6) is 0 Å². The maximum absolute atomic E-state index is 16.6. The summed E-state index contributed by atoms with van der Waals surface area (Å²) in [6, 6.07) is 0. The van der Waals surface area contributed by atoms with Gasteiger partial charge in [0.2, 0.25) is 0 Å². The van der Waals surface area contributed by atoms with Crippen molar-refractivity contribution in [2.24, 2.45) is 0 Å². The molecule has 0 aliphatic heterocycles. The van der Waals surface area contributed by atoms with Crippen molar-refractivity contribution in [3.63, 3.8) is 0 Å². The molecule has 0 spiro atoms. The molecule has 113 heavy (non-hydrogen) atoms. The number of phosphoric ester groups is 2. The molecule has 0 saturated carbocycles. The maximum atomic E-state index is 16.6. The van der Waals surface area contributed by atoms with Gasteiger partial charge in [-0.25, -0.2) is 28.3 Å². The smallest absolute Gasteiger partial charge is 0.389 e. The molecule has 21 heteroatoms. The topological polar surface area (TPSA) is 310 Å². The van der Waals surface area contributed by atoms with Crippen LogP contribution in [0.25, 0.3) is 0 Å². The van der Waals surface area contributed by atoms with Gasteiger partial charge in [-0.2, -0.15) is 0 Å². The number of hydrogen-bond donors (Lipinski definition) is 8. The molecule has 0 saturated heterocycles. The first kappa shape index (κ1) is 107. The second-order valence-electron chi connectivity index (χ2n) is 33.0. The molecule has 8 N–H and O–H groups in total. The minimum Gasteiger partial charge on any atom is -0.389 e. The lowest BCUT2D eigenvalue weighted by Crippen LogP contribution is -2.52. The van der Waals surface area contributed by atoms with E-state index in [9.17, 15) is 40.9 Å². The molecule has 0 aromatic heterocycles. The van der Waals surface area contributed by atoms with Gasteiger partial charge < -0.3 is 58.9 Å². The molecule has 0 bridgehead atoms. The lowest BCUT2D eigenvalue weighted by molar-refractivity contribution is -0.175. The van der Waals surface area contributed by atoms with E-state index in [-0.39, 0.29) is 0 Å². The number of phosphoric acid groups is 2. The van der Waals surface area contributed by atoms with Crippen LogP contribution >= 0.6 is 15.6 Å². The van der Waals surface area contributed by atoms with Crippen molar-refractivity contribution in [1.82, 2.24) is 0 Å². The third-order valence-corrected chi connectivity index (χ3v) is 22.3. The minimum absolute atomic E-state index is 0.375. The normalized spacial score (nSPS) is 17.1. The number of allylic oxidation sites excluding steroid dienone is 24. The van der Waals surface area contributed by atoms with Crippen LogP contribution in [0.4, 0.5) is 0 Å². The Morgan fingerprint density at radius 2 is 0.381 bits per heavy atom. The molecule has 0 aromatic rings. The Hall–Kier alpha value is -6.18. The number of aliphatic hydroxyl groups excluding tert-OH is 4. The van der Waals surface area contributed by atoms with Crippen LogP contribution in [0.3, 0.4) is 0 Å². The van der Waals surface area contributed by atoms with Crippen molar-refractivity contribution >= 4 is 39.5 Å². The van der Waals surface area contributed by atoms with E-state index in [0.717, 1.165) is 44.6 Å². The Labute approximate surface area is 681 Å². The average Bonchev–Trinajstić information content (AvgIpc) is 0.771. The molecule has 19 nitrogen and oxygen atoms in total. The van der Waals surface area contributed by atoms with Crippen LogP contribution in [0.15, 0.2) is 186 Å². The average molecular weight is 1620 g/mol. The first-order valence-electron chi connectivity index (χ1n) is 40.2. The summed E-state index contributed by atoms with van der Waals surface area (Å²) in [5, 5.41) is 101. The summed E-state index contributed by atoms with van der Waals surface area (Å²) in [4.78, 5) is 62.4. The Kier molecular flexibility index (Phi) is 51.0. The highest BCUT2D eigenvalue weighted by atomic mass is 31.3. The number of hydrogen-bond acceptors (Lipinski definition) is 19. The highest BCUT2D eigenvalue weighted by molar-refractivity contribution is 7.63. The number of rotatable bonds is 54. The van der Waals surface area contributed by atoms with Crippen molar-refractivity contribution in [1.29, 1.82) is 0 Å². The maximum Gasteiger partial charge on any atom is 0.602 e. The van der Waals surface area contributed by atoms with Gasteiger partial charge in [0.15, 0.2) is 22.4 Å². The third kappa shape index (κ3) is 44.7. The zero-order chi connectivity index (χ0) is 86.7. The molecular weight excluding hydrogens is 1470 g/mol. The van der Waals surface area contributed by atoms with Gasteiger partial charge in [0.25, 0.3) is 0 Å². The molecule has 8 atom stereocenters. The highest BCUT2D eigenvalue weighted by Crippen LogP contribution is 2.68. The molecule has 640 valence electrons. The fourth-order valence-corrected chi connectivity index (χ4v) is 14.3. The quantitative estimate of drug-likeness (QED) is 0.0207. The van der Waals surface area contributed by atoms with Gasteiger partial charge in [0.1, 0.15) is 0 Å². The molecule has 0 fully saturated rings. The van der Waals surface area contributed by atoms with Gasteiger partial charge in [-0.05, 0) is 295 Å². The van der Waals surface area contributed by atoms with Crippen molar-refractivity contribution in [2.75, 3.05) is 0 Å². The summed E-state index contributed by atoms with van der Waals surface area (Å²) in [6.45, 7) is 44.5. The van der Waals surface area contributed by atoms with Crippen LogP contribution in [0.1, 0.15) is 320 Å².